The second-order valence-corrected chi connectivity index (χ2v) is 11.5. The molecule has 39 heavy (non-hydrogen) atoms. The highest BCUT2D eigenvalue weighted by molar-refractivity contribution is 7.92. The smallest absolute Gasteiger partial charge is 0.244 e. The van der Waals surface area contributed by atoms with Crippen LogP contribution in [0.2, 0.25) is 0 Å². The van der Waals surface area contributed by atoms with Gasteiger partial charge in [0.15, 0.2) is 0 Å². The lowest BCUT2D eigenvalue weighted by molar-refractivity contribution is -0.140. The Hall–Kier alpha value is -3.47. The minimum atomic E-state index is -3.91. The number of hydrogen-bond donors (Lipinski definition) is 1. The first-order valence-electron chi connectivity index (χ1n) is 13.0. The summed E-state index contributed by atoms with van der Waals surface area (Å²) in [5.41, 5.74) is 0.946. The first-order valence-corrected chi connectivity index (χ1v) is 14.9. The summed E-state index contributed by atoms with van der Waals surface area (Å²) < 4.78 is 42.8. The van der Waals surface area contributed by atoms with Crippen LogP contribution < -0.4 is 23.8 Å². The Balaban J connectivity index is 1.98. The molecule has 1 N–H and O–H groups in total. The van der Waals surface area contributed by atoms with Crippen molar-refractivity contribution in [2.75, 3.05) is 38.4 Å². The number of ether oxygens (including phenoxy) is 3. The highest BCUT2D eigenvalue weighted by atomic mass is 32.2. The van der Waals surface area contributed by atoms with E-state index in [9.17, 15) is 18.0 Å². The topological polar surface area (TPSA) is 114 Å². The zero-order valence-corrected chi connectivity index (χ0v) is 24.1. The summed E-state index contributed by atoms with van der Waals surface area (Å²) >= 11 is 0. The number of amides is 2. The van der Waals surface area contributed by atoms with Crippen LogP contribution in [0.5, 0.6) is 17.2 Å². The fourth-order valence-corrected chi connectivity index (χ4v) is 5.69. The number of rotatable bonds is 13. The highest BCUT2D eigenvalue weighted by Gasteiger charge is 2.33. The summed E-state index contributed by atoms with van der Waals surface area (Å²) in [6.07, 6.45) is 5.32. The lowest BCUT2D eigenvalue weighted by atomic mass is 10.1. The number of benzene rings is 2. The normalized spacial score (nSPS) is 14.4. The molecular formula is C28H39N3O7S. The molecule has 2 aromatic rings. The number of hydrogen-bond acceptors (Lipinski definition) is 7. The van der Waals surface area contributed by atoms with Gasteiger partial charge in [0, 0.05) is 18.7 Å². The third-order valence-corrected chi connectivity index (χ3v) is 8.04. The predicted octanol–water partition coefficient (Wildman–Crippen LogP) is 3.34. The zero-order valence-electron chi connectivity index (χ0n) is 23.3. The van der Waals surface area contributed by atoms with Gasteiger partial charge < -0.3 is 24.4 Å². The quantitative estimate of drug-likeness (QED) is 0.399. The van der Waals surface area contributed by atoms with Gasteiger partial charge in [-0.3, -0.25) is 13.9 Å². The molecule has 0 unspecified atom stereocenters. The van der Waals surface area contributed by atoms with Crippen molar-refractivity contribution in [3.05, 3.63) is 48.0 Å². The maximum atomic E-state index is 13.9. The molecule has 11 heteroatoms. The monoisotopic (exact) mass is 561 g/mol. The Kier molecular flexibility index (Phi) is 10.4. The second-order valence-electron chi connectivity index (χ2n) is 9.59. The standard InChI is InChI=1S/C28H39N3O7S/c1-6-24(28(33)29-21-11-7-8-12-21)30(18-20-10-9-13-22(16-20)36-2)27(32)19-31(39(5,34)35)25-15-14-23(37-3)17-26(25)38-4/h9-10,13-17,21,24H,6-8,11-12,18-19H2,1-5H3,(H,29,33)/t24-/m0/s1. The molecule has 1 aliphatic rings. The first kappa shape index (κ1) is 30.1. The van der Waals surface area contributed by atoms with Gasteiger partial charge in [-0.1, -0.05) is 31.9 Å². The maximum absolute atomic E-state index is 13.9. The minimum Gasteiger partial charge on any atom is -0.497 e. The number of nitrogens with one attached hydrogen (secondary N) is 1. The molecule has 0 aliphatic heterocycles. The van der Waals surface area contributed by atoms with Gasteiger partial charge in [-0.25, -0.2) is 8.42 Å². The first-order chi connectivity index (χ1) is 18.6. The van der Waals surface area contributed by atoms with Crippen molar-refractivity contribution in [3.63, 3.8) is 0 Å². The fraction of sp³-hybridized carbons (Fsp3) is 0.500. The van der Waals surface area contributed by atoms with E-state index in [1.165, 1.54) is 25.2 Å². The van der Waals surface area contributed by atoms with E-state index in [1.807, 2.05) is 13.0 Å². The predicted molar refractivity (Wildman–Crippen MR) is 150 cm³/mol. The lowest BCUT2D eigenvalue weighted by Crippen LogP contribution is -2.53. The van der Waals surface area contributed by atoms with E-state index >= 15 is 0 Å². The summed E-state index contributed by atoms with van der Waals surface area (Å²) in [5, 5.41) is 3.10. The molecule has 1 atom stereocenters. The largest absolute Gasteiger partial charge is 0.497 e. The van der Waals surface area contributed by atoms with Crippen LogP contribution in [0.4, 0.5) is 5.69 Å². The third-order valence-electron chi connectivity index (χ3n) is 6.91. The van der Waals surface area contributed by atoms with Gasteiger partial charge in [0.1, 0.15) is 29.8 Å². The zero-order chi connectivity index (χ0) is 28.6. The summed E-state index contributed by atoms with van der Waals surface area (Å²) in [6, 6.07) is 11.2. The molecule has 0 saturated heterocycles. The Labute approximate surface area is 231 Å². The Bertz CT molecular complexity index is 1250. The van der Waals surface area contributed by atoms with Crippen LogP contribution in [0.15, 0.2) is 42.5 Å². The van der Waals surface area contributed by atoms with Crippen molar-refractivity contribution in [2.45, 2.75) is 57.7 Å². The van der Waals surface area contributed by atoms with Gasteiger partial charge in [-0.2, -0.15) is 0 Å². The average molecular weight is 562 g/mol. The van der Waals surface area contributed by atoms with E-state index in [2.05, 4.69) is 5.32 Å². The van der Waals surface area contributed by atoms with Crippen LogP contribution in [0.1, 0.15) is 44.6 Å². The highest BCUT2D eigenvalue weighted by Crippen LogP contribution is 2.34. The number of nitrogens with zero attached hydrogens (tertiary/aromatic N) is 2. The summed E-state index contributed by atoms with van der Waals surface area (Å²) in [7, 11) is 0.548. The van der Waals surface area contributed by atoms with Crippen molar-refractivity contribution < 1.29 is 32.2 Å². The van der Waals surface area contributed by atoms with E-state index in [1.54, 1.807) is 37.4 Å². The number of carbonyl (C=O) groups excluding carboxylic acids is 2. The molecular weight excluding hydrogens is 522 g/mol. The van der Waals surface area contributed by atoms with E-state index < -0.39 is 28.5 Å². The lowest BCUT2D eigenvalue weighted by Gasteiger charge is -2.33. The van der Waals surface area contributed by atoms with E-state index in [4.69, 9.17) is 14.2 Å². The van der Waals surface area contributed by atoms with Crippen molar-refractivity contribution in [2.24, 2.45) is 0 Å². The van der Waals surface area contributed by atoms with Gasteiger partial charge in [-0.15, -0.1) is 0 Å². The molecule has 0 aromatic heterocycles. The van der Waals surface area contributed by atoms with Crippen LogP contribution in [0, 0.1) is 0 Å². The van der Waals surface area contributed by atoms with Crippen LogP contribution in [-0.4, -0.2) is 71.3 Å². The Morgan fingerprint density at radius 3 is 2.26 bits per heavy atom. The molecule has 3 rings (SSSR count). The molecule has 214 valence electrons. The van der Waals surface area contributed by atoms with Crippen LogP contribution in [0.3, 0.4) is 0 Å². The van der Waals surface area contributed by atoms with Crippen molar-refractivity contribution in [1.82, 2.24) is 10.2 Å². The van der Waals surface area contributed by atoms with Gasteiger partial charge >= 0.3 is 0 Å². The Morgan fingerprint density at radius 2 is 1.67 bits per heavy atom. The molecule has 1 fully saturated rings. The molecule has 1 aliphatic carbocycles. The molecule has 0 heterocycles. The second kappa shape index (κ2) is 13.5. The average Bonchev–Trinajstić information content (AvgIpc) is 3.43. The summed E-state index contributed by atoms with van der Waals surface area (Å²) in [6.45, 7) is 1.42. The Morgan fingerprint density at radius 1 is 1.00 bits per heavy atom. The number of anilines is 1. The third kappa shape index (κ3) is 7.78. The van der Waals surface area contributed by atoms with Crippen molar-refractivity contribution >= 4 is 27.5 Å². The minimum absolute atomic E-state index is 0.0800. The molecule has 10 nitrogen and oxygen atoms in total. The van der Waals surface area contributed by atoms with Gasteiger partial charge in [0.05, 0.1) is 33.3 Å². The van der Waals surface area contributed by atoms with Gasteiger partial charge in [-0.05, 0) is 49.1 Å². The van der Waals surface area contributed by atoms with Crippen molar-refractivity contribution in [3.8, 4) is 17.2 Å². The van der Waals surface area contributed by atoms with Crippen LogP contribution in [-0.2, 0) is 26.2 Å². The van der Waals surface area contributed by atoms with Gasteiger partial charge in [0.25, 0.3) is 0 Å². The molecule has 0 radical (unpaired) electrons. The van der Waals surface area contributed by atoms with E-state index in [0.29, 0.717) is 17.9 Å². The van der Waals surface area contributed by atoms with E-state index in [-0.39, 0.29) is 29.9 Å². The maximum Gasteiger partial charge on any atom is 0.244 e. The number of sulfonamides is 1. The molecule has 1 saturated carbocycles. The fourth-order valence-electron chi connectivity index (χ4n) is 4.84. The molecule has 2 amide bonds. The molecule has 0 spiro atoms. The summed E-state index contributed by atoms with van der Waals surface area (Å²) in [5.74, 6) is 0.565. The van der Waals surface area contributed by atoms with E-state index in [0.717, 1.165) is 41.8 Å². The molecule has 0 bridgehead atoms. The summed E-state index contributed by atoms with van der Waals surface area (Å²) in [4.78, 5) is 28.8. The van der Waals surface area contributed by atoms with Crippen LogP contribution in [0.25, 0.3) is 0 Å². The van der Waals surface area contributed by atoms with Crippen LogP contribution >= 0.6 is 0 Å². The number of methoxy groups -OCH3 is 3. The number of carbonyl (C=O) groups is 2. The van der Waals surface area contributed by atoms with Gasteiger partial charge in [0.2, 0.25) is 21.8 Å². The van der Waals surface area contributed by atoms with Crippen molar-refractivity contribution in [1.29, 1.82) is 0 Å². The SMILES string of the molecule is CC[C@@H](C(=O)NC1CCCC1)N(Cc1cccc(OC)c1)C(=O)CN(c1ccc(OC)cc1OC)S(C)(=O)=O. The molecule has 2 aromatic carbocycles.